The molecule has 1 amide bonds. The van der Waals surface area contributed by atoms with Gasteiger partial charge in [0.2, 0.25) is 5.91 Å². The van der Waals surface area contributed by atoms with Crippen LogP contribution >= 0.6 is 0 Å². The maximum Gasteiger partial charge on any atom is 0.244 e. The number of methoxy groups -OCH3 is 2. The molecule has 0 radical (unpaired) electrons. The molecule has 0 aliphatic carbocycles. The van der Waals surface area contributed by atoms with E-state index in [2.05, 4.69) is 5.32 Å². The molecule has 0 spiro atoms. The molecule has 0 fully saturated rings. The first-order valence-electron chi connectivity index (χ1n) is 6.30. The van der Waals surface area contributed by atoms with Gasteiger partial charge in [0.05, 0.1) is 14.2 Å². The van der Waals surface area contributed by atoms with Crippen molar-refractivity contribution in [1.82, 2.24) is 5.32 Å². The van der Waals surface area contributed by atoms with E-state index in [4.69, 9.17) is 9.47 Å². The Balaban J connectivity index is 2.95. The summed E-state index contributed by atoms with van der Waals surface area (Å²) in [5.41, 5.74) is 1.74. The van der Waals surface area contributed by atoms with Crippen LogP contribution in [0.2, 0.25) is 0 Å². The first-order valence-corrected chi connectivity index (χ1v) is 6.30. The summed E-state index contributed by atoms with van der Waals surface area (Å²) in [6.07, 6.45) is 2.50. The molecule has 104 valence electrons. The Morgan fingerprint density at radius 1 is 1.32 bits per heavy atom. The third-order valence-electron chi connectivity index (χ3n) is 2.73. The van der Waals surface area contributed by atoms with Gasteiger partial charge in [-0.25, -0.2) is 0 Å². The van der Waals surface area contributed by atoms with Crippen LogP contribution in [0.25, 0.3) is 5.57 Å². The van der Waals surface area contributed by atoms with Crippen LogP contribution < -0.4 is 14.8 Å². The van der Waals surface area contributed by atoms with E-state index < -0.39 is 0 Å². The molecule has 0 unspecified atom stereocenters. The number of hydrogen-bond donors (Lipinski definition) is 1. The Bertz CT molecular complexity index is 466. The van der Waals surface area contributed by atoms with Gasteiger partial charge < -0.3 is 14.8 Å². The lowest BCUT2D eigenvalue weighted by atomic mass is 10.1. The van der Waals surface area contributed by atoms with Crippen LogP contribution in [0.5, 0.6) is 11.5 Å². The fourth-order valence-electron chi connectivity index (χ4n) is 1.70. The van der Waals surface area contributed by atoms with Crippen LogP contribution in [0.3, 0.4) is 0 Å². The molecular formula is C15H21NO3. The van der Waals surface area contributed by atoms with Crippen molar-refractivity contribution in [3.8, 4) is 11.5 Å². The van der Waals surface area contributed by atoms with Crippen LogP contribution in [-0.2, 0) is 4.79 Å². The highest BCUT2D eigenvalue weighted by Crippen LogP contribution is 2.29. The van der Waals surface area contributed by atoms with Gasteiger partial charge in [0.25, 0.3) is 0 Å². The summed E-state index contributed by atoms with van der Waals surface area (Å²) in [7, 11) is 3.21. The highest BCUT2D eigenvalue weighted by atomic mass is 16.5. The monoisotopic (exact) mass is 263 g/mol. The second-order valence-electron chi connectivity index (χ2n) is 4.18. The van der Waals surface area contributed by atoms with E-state index in [1.165, 1.54) is 0 Å². The SMILES string of the molecule is CCCNC(=O)/C=C(\C)c1ccc(OC)cc1OC. The van der Waals surface area contributed by atoms with E-state index in [-0.39, 0.29) is 5.91 Å². The number of rotatable bonds is 6. The predicted octanol–water partition coefficient (Wildman–Crippen LogP) is 2.63. The zero-order chi connectivity index (χ0) is 14.3. The van der Waals surface area contributed by atoms with Crippen LogP contribution in [0, 0.1) is 0 Å². The quantitative estimate of drug-likeness (QED) is 0.803. The molecule has 19 heavy (non-hydrogen) atoms. The Kier molecular flexibility index (Phi) is 5.93. The van der Waals surface area contributed by atoms with Crippen molar-refractivity contribution in [3.05, 3.63) is 29.8 Å². The smallest absolute Gasteiger partial charge is 0.244 e. The van der Waals surface area contributed by atoms with E-state index in [1.807, 2.05) is 26.0 Å². The topological polar surface area (TPSA) is 47.6 Å². The van der Waals surface area contributed by atoms with Gasteiger partial charge in [0.15, 0.2) is 0 Å². The molecule has 1 aromatic carbocycles. The lowest BCUT2D eigenvalue weighted by molar-refractivity contribution is -0.116. The van der Waals surface area contributed by atoms with E-state index in [1.54, 1.807) is 26.4 Å². The summed E-state index contributed by atoms with van der Waals surface area (Å²) >= 11 is 0. The number of allylic oxidation sites excluding steroid dienone is 1. The lowest BCUT2D eigenvalue weighted by Gasteiger charge is -2.10. The minimum Gasteiger partial charge on any atom is -0.497 e. The maximum atomic E-state index is 11.7. The Hall–Kier alpha value is -1.97. The summed E-state index contributed by atoms with van der Waals surface area (Å²) in [6, 6.07) is 5.53. The molecule has 4 heteroatoms. The fourth-order valence-corrected chi connectivity index (χ4v) is 1.70. The fraction of sp³-hybridized carbons (Fsp3) is 0.400. The van der Waals surface area contributed by atoms with Crippen molar-refractivity contribution in [1.29, 1.82) is 0 Å². The van der Waals surface area contributed by atoms with E-state index in [0.29, 0.717) is 12.3 Å². The third-order valence-corrected chi connectivity index (χ3v) is 2.73. The lowest BCUT2D eigenvalue weighted by Crippen LogP contribution is -2.21. The Morgan fingerprint density at radius 2 is 2.05 bits per heavy atom. The van der Waals surface area contributed by atoms with E-state index in [0.717, 1.165) is 23.3 Å². The number of carbonyl (C=O) groups is 1. The van der Waals surface area contributed by atoms with Crippen LogP contribution in [0.15, 0.2) is 24.3 Å². The molecule has 0 atom stereocenters. The van der Waals surface area contributed by atoms with Crippen molar-refractivity contribution in [2.45, 2.75) is 20.3 Å². The summed E-state index contributed by atoms with van der Waals surface area (Å²) < 4.78 is 10.5. The Labute approximate surface area is 114 Å². The average molecular weight is 263 g/mol. The first-order chi connectivity index (χ1) is 9.12. The minimum absolute atomic E-state index is 0.0859. The summed E-state index contributed by atoms with van der Waals surface area (Å²) in [5, 5.41) is 2.81. The van der Waals surface area contributed by atoms with Gasteiger partial charge in [-0.3, -0.25) is 4.79 Å². The molecule has 0 bridgehead atoms. The van der Waals surface area contributed by atoms with Crippen molar-refractivity contribution >= 4 is 11.5 Å². The summed E-state index contributed by atoms with van der Waals surface area (Å²) in [6.45, 7) is 4.58. The number of hydrogen-bond acceptors (Lipinski definition) is 3. The molecule has 1 aromatic rings. The largest absolute Gasteiger partial charge is 0.497 e. The standard InChI is InChI=1S/C15H21NO3/c1-5-8-16-15(17)9-11(2)13-7-6-12(18-3)10-14(13)19-4/h6-7,9-10H,5,8H2,1-4H3,(H,16,17)/b11-9+. The van der Waals surface area contributed by atoms with Crippen molar-refractivity contribution in [2.24, 2.45) is 0 Å². The summed E-state index contributed by atoms with van der Waals surface area (Å²) in [4.78, 5) is 11.7. The van der Waals surface area contributed by atoms with E-state index >= 15 is 0 Å². The molecule has 0 heterocycles. The normalized spacial score (nSPS) is 11.1. The van der Waals surface area contributed by atoms with Gasteiger partial charge in [-0.15, -0.1) is 0 Å². The zero-order valence-corrected chi connectivity index (χ0v) is 11.9. The van der Waals surface area contributed by atoms with Gasteiger partial charge in [-0.1, -0.05) is 6.92 Å². The van der Waals surface area contributed by atoms with Crippen molar-refractivity contribution < 1.29 is 14.3 Å². The number of nitrogens with one attached hydrogen (secondary N) is 1. The maximum absolute atomic E-state index is 11.7. The molecule has 0 aliphatic heterocycles. The van der Waals surface area contributed by atoms with Crippen molar-refractivity contribution in [3.63, 3.8) is 0 Å². The van der Waals surface area contributed by atoms with Gasteiger partial charge in [-0.05, 0) is 31.1 Å². The Morgan fingerprint density at radius 3 is 2.63 bits per heavy atom. The number of benzene rings is 1. The average Bonchev–Trinajstić information content (AvgIpc) is 2.44. The van der Waals surface area contributed by atoms with E-state index in [9.17, 15) is 4.79 Å². The number of carbonyl (C=O) groups excluding carboxylic acids is 1. The molecule has 0 saturated heterocycles. The van der Waals surface area contributed by atoms with Crippen LogP contribution in [0.1, 0.15) is 25.8 Å². The molecule has 0 saturated carbocycles. The van der Waals surface area contributed by atoms with Crippen LogP contribution in [0.4, 0.5) is 0 Å². The highest BCUT2D eigenvalue weighted by Gasteiger charge is 2.08. The van der Waals surface area contributed by atoms with Gasteiger partial charge in [0, 0.05) is 24.3 Å². The van der Waals surface area contributed by atoms with Crippen molar-refractivity contribution in [2.75, 3.05) is 20.8 Å². The third kappa shape index (κ3) is 4.32. The first kappa shape index (κ1) is 15.1. The number of ether oxygens (including phenoxy) is 2. The molecular weight excluding hydrogens is 242 g/mol. The van der Waals surface area contributed by atoms with Gasteiger partial charge >= 0.3 is 0 Å². The molecule has 1 rings (SSSR count). The second-order valence-corrected chi connectivity index (χ2v) is 4.18. The predicted molar refractivity (Wildman–Crippen MR) is 76.5 cm³/mol. The van der Waals surface area contributed by atoms with Crippen LogP contribution in [-0.4, -0.2) is 26.7 Å². The molecule has 0 aromatic heterocycles. The highest BCUT2D eigenvalue weighted by molar-refractivity contribution is 5.95. The number of amides is 1. The molecule has 4 nitrogen and oxygen atoms in total. The molecule has 1 N–H and O–H groups in total. The molecule has 0 aliphatic rings. The second kappa shape index (κ2) is 7.46. The van der Waals surface area contributed by atoms with Gasteiger partial charge in [-0.2, -0.15) is 0 Å². The zero-order valence-electron chi connectivity index (χ0n) is 11.9. The van der Waals surface area contributed by atoms with Gasteiger partial charge in [0.1, 0.15) is 11.5 Å². The minimum atomic E-state index is -0.0859. The summed E-state index contributed by atoms with van der Waals surface area (Å²) in [5.74, 6) is 1.33.